The fourth-order valence-electron chi connectivity index (χ4n) is 2.52. The van der Waals surface area contributed by atoms with E-state index in [1.165, 1.54) is 4.90 Å². The highest BCUT2D eigenvalue weighted by molar-refractivity contribution is 6.02. The lowest BCUT2D eigenvalue weighted by Crippen LogP contribution is -2.38. The van der Waals surface area contributed by atoms with Gasteiger partial charge in [0, 0.05) is 38.4 Å². The number of nitrogens with zero attached hydrogens (tertiary/aromatic N) is 2. The van der Waals surface area contributed by atoms with Crippen molar-refractivity contribution in [3.63, 3.8) is 0 Å². The lowest BCUT2D eigenvalue weighted by atomic mass is 10.1. The Bertz CT molecular complexity index is 386. The van der Waals surface area contributed by atoms with Crippen molar-refractivity contribution in [2.24, 2.45) is 5.92 Å². The molecule has 0 atom stereocenters. The Labute approximate surface area is 120 Å². The first-order valence-electron chi connectivity index (χ1n) is 7.61. The minimum atomic E-state index is -0.136. The maximum absolute atomic E-state index is 12.3. The molecule has 112 valence electrons. The first kappa shape index (κ1) is 15.0. The zero-order chi connectivity index (χ0) is 14.7. The number of amides is 3. The highest BCUT2D eigenvalue weighted by Crippen LogP contribution is 2.28. The quantitative estimate of drug-likeness (QED) is 0.665. The molecule has 1 aliphatic carbocycles. The van der Waals surface area contributed by atoms with Crippen LogP contribution in [0, 0.1) is 5.92 Å². The molecule has 0 N–H and O–H groups in total. The molecule has 1 saturated heterocycles. The maximum atomic E-state index is 12.3. The summed E-state index contributed by atoms with van der Waals surface area (Å²) in [5, 5.41) is 0. The summed E-state index contributed by atoms with van der Waals surface area (Å²) in [6, 6.07) is 0.395. The van der Waals surface area contributed by atoms with E-state index in [0.717, 1.165) is 25.8 Å². The summed E-state index contributed by atoms with van der Waals surface area (Å²) in [5.41, 5.74) is 0. The van der Waals surface area contributed by atoms with Crippen LogP contribution in [0.2, 0.25) is 0 Å². The van der Waals surface area contributed by atoms with Crippen molar-refractivity contribution < 1.29 is 14.4 Å². The van der Waals surface area contributed by atoms with Gasteiger partial charge >= 0.3 is 0 Å². The van der Waals surface area contributed by atoms with Gasteiger partial charge in [0.15, 0.2) is 0 Å². The standard InChI is InChI=1S/C15H24N2O3/c1-11(2)7-9-16(12-3-4-12)15(20)8-10-17-13(18)5-6-14(17)19/h11-12H,3-10H2,1-2H3. The van der Waals surface area contributed by atoms with Crippen molar-refractivity contribution in [3.05, 3.63) is 0 Å². The second-order valence-corrected chi connectivity index (χ2v) is 6.19. The number of hydrogen-bond acceptors (Lipinski definition) is 3. The van der Waals surface area contributed by atoms with Crippen molar-refractivity contribution in [2.75, 3.05) is 13.1 Å². The zero-order valence-corrected chi connectivity index (χ0v) is 12.4. The van der Waals surface area contributed by atoms with Crippen LogP contribution in [0.15, 0.2) is 0 Å². The molecule has 2 rings (SSSR count). The number of carbonyl (C=O) groups excluding carboxylic acids is 3. The average Bonchev–Trinajstić information content (AvgIpc) is 3.16. The molecule has 2 aliphatic rings. The third-order valence-corrected chi connectivity index (χ3v) is 3.96. The van der Waals surface area contributed by atoms with Crippen molar-refractivity contribution in [1.29, 1.82) is 0 Å². The van der Waals surface area contributed by atoms with E-state index in [-0.39, 0.29) is 30.7 Å². The van der Waals surface area contributed by atoms with Gasteiger partial charge in [-0.15, -0.1) is 0 Å². The zero-order valence-electron chi connectivity index (χ0n) is 12.4. The van der Waals surface area contributed by atoms with E-state index in [0.29, 0.717) is 24.8 Å². The first-order chi connectivity index (χ1) is 9.49. The Balaban J connectivity index is 1.82. The summed E-state index contributed by atoms with van der Waals surface area (Å²) >= 11 is 0. The molecule has 5 nitrogen and oxygen atoms in total. The Morgan fingerprint density at radius 1 is 1.25 bits per heavy atom. The van der Waals surface area contributed by atoms with E-state index >= 15 is 0 Å². The lowest BCUT2D eigenvalue weighted by Gasteiger charge is -2.24. The summed E-state index contributed by atoms with van der Waals surface area (Å²) in [6.07, 6.45) is 4.05. The molecule has 5 heteroatoms. The van der Waals surface area contributed by atoms with Crippen LogP contribution in [-0.2, 0) is 14.4 Å². The molecule has 1 heterocycles. The van der Waals surface area contributed by atoms with Crippen molar-refractivity contribution in [3.8, 4) is 0 Å². The molecule has 0 aromatic rings. The fraction of sp³-hybridized carbons (Fsp3) is 0.800. The molecule has 1 aliphatic heterocycles. The van der Waals surface area contributed by atoms with Crippen LogP contribution in [-0.4, -0.2) is 46.7 Å². The summed E-state index contributed by atoms with van der Waals surface area (Å²) in [7, 11) is 0. The van der Waals surface area contributed by atoms with Gasteiger partial charge in [-0.2, -0.15) is 0 Å². The van der Waals surface area contributed by atoms with E-state index in [4.69, 9.17) is 0 Å². The van der Waals surface area contributed by atoms with Crippen LogP contribution >= 0.6 is 0 Å². The molecule has 0 aromatic heterocycles. The molecule has 2 fully saturated rings. The van der Waals surface area contributed by atoms with Gasteiger partial charge in [0.05, 0.1) is 0 Å². The van der Waals surface area contributed by atoms with Gasteiger partial charge in [0.2, 0.25) is 17.7 Å². The second-order valence-electron chi connectivity index (χ2n) is 6.19. The van der Waals surface area contributed by atoms with Crippen LogP contribution < -0.4 is 0 Å². The summed E-state index contributed by atoms with van der Waals surface area (Å²) in [4.78, 5) is 38.5. The Kier molecular flexibility index (Phi) is 4.78. The first-order valence-corrected chi connectivity index (χ1v) is 7.61. The third-order valence-electron chi connectivity index (χ3n) is 3.96. The predicted octanol–water partition coefficient (Wildman–Crippen LogP) is 1.56. The normalized spacial score (nSPS) is 19.1. The highest BCUT2D eigenvalue weighted by Gasteiger charge is 2.34. The van der Waals surface area contributed by atoms with Gasteiger partial charge in [0.1, 0.15) is 0 Å². The van der Waals surface area contributed by atoms with Crippen LogP contribution in [0.3, 0.4) is 0 Å². The molecule has 0 radical (unpaired) electrons. The Morgan fingerprint density at radius 3 is 2.35 bits per heavy atom. The van der Waals surface area contributed by atoms with Gasteiger partial charge in [-0.3, -0.25) is 19.3 Å². The monoisotopic (exact) mass is 280 g/mol. The van der Waals surface area contributed by atoms with E-state index in [2.05, 4.69) is 13.8 Å². The minimum absolute atomic E-state index is 0.0839. The van der Waals surface area contributed by atoms with Gasteiger partial charge in [0.25, 0.3) is 0 Å². The van der Waals surface area contributed by atoms with Gasteiger partial charge in [-0.1, -0.05) is 13.8 Å². The van der Waals surface area contributed by atoms with Crippen molar-refractivity contribution in [1.82, 2.24) is 9.80 Å². The van der Waals surface area contributed by atoms with Gasteiger partial charge < -0.3 is 4.90 Å². The highest BCUT2D eigenvalue weighted by atomic mass is 16.2. The summed E-state index contributed by atoms with van der Waals surface area (Å²) in [6.45, 7) is 5.35. The second kappa shape index (κ2) is 6.37. The number of likely N-dealkylation sites (tertiary alicyclic amines) is 1. The minimum Gasteiger partial charge on any atom is -0.340 e. The molecule has 0 spiro atoms. The Hall–Kier alpha value is -1.39. The van der Waals surface area contributed by atoms with E-state index in [1.807, 2.05) is 4.90 Å². The SMILES string of the molecule is CC(C)CCN(C(=O)CCN1C(=O)CCC1=O)C1CC1. The van der Waals surface area contributed by atoms with E-state index in [1.54, 1.807) is 0 Å². The van der Waals surface area contributed by atoms with E-state index in [9.17, 15) is 14.4 Å². The van der Waals surface area contributed by atoms with Crippen molar-refractivity contribution >= 4 is 17.7 Å². The average molecular weight is 280 g/mol. The molecule has 0 aromatic carbocycles. The summed E-state index contributed by atoms with van der Waals surface area (Å²) in [5.74, 6) is 0.386. The van der Waals surface area contributed by atoms with Crippen LogP contribution in [0.5, 0.6) is 0 Å². The van der Waals surface area contributed by atoms with Gasteiger partial charge in [-0.25, -0.2) is 0 Å². The van der Waals surface area contributed by atoms with E-state index < -0.39 is 0 Å². The number of carbonyl (C=O) groups is 3. The van der Waals surface area contributed by atoms with Crippen molar-refractivity contribution in [2.45, 2.75) is 58.4 Å². The van der Waals surface area contributed by atoms with Crippen LogP contribution in [0.1, 0.15) is 52.4 Å². The largest absolute Gasteiger partial charge is 0.340 e. The lowest BCUT2D eigenvalue weighted by molar-refractivity contribution is -0.139. The fourth-order valence-corrected chi connectivity index (χ4v) is 2.52. The smallest absolute Gasteiger partial charge is 0.229 e. The molecular formula is C15H24N2O3. The third kappa shape index (κ3) is 3.81. The molecular weight excluding hydrogens is 256 g/mol. The topological polar surface area (TPSA) is 57.7 Å². The number of hydrogen-bond donors (Lipinski definition) is 0. The predicted molar refractivity (Wildman–Crippen MR) is 74.8 cm³/mol. The van der Waals surface area contributed by atoms with Crippen LogP contribution in [0.4, 0.5) is 0 Å². The molecule has 0 unspecified atom stereocenters. The Morgan fingerprint density at radius 2 is 1.85 bits per heavy atom. The molecule has 0 bridgehead atoms. The number of rotatable bonds is 7. The maximum Gasteiger partial charge on any atom is 0.229 e. The molecule has 1 saturated carbocycles. The molecule has 20 heavy (non-hydrogen) atoms. The molecule has 3 amide bonds. The number of imide groups is 1. The van der Waals surface area contributed by atoms with Crippen LogP contribution in [0.25, 0.3) is 0 Å². The summed E-state index contributed by atoms with van der Waals surface area (Å²) < 4.78 is 0. The van der Waals surface area contributed by atoms with Gasteiger partial charge in [-0.05, 0) is 25.2 Å².